The lowest BCUT2D eigenvalue weighted by molar-refractivity contribution is 0.0953. The van der Waals surface area contributed by atoms with E-state index in [1.54, 1.807) is 18.2 Å². The van der Waals surface area contributed by atoms with Gasteiger partial charge in [0.05, 0.1) is 10.6 Å². The van der Waals surface area contributed by atoms with E-state index in [0.717, 1.165) is 12.8 Å². The fourth-order valence-corrected chi connectivity index (χ4v) is 2.51. The molecule has 0 spiro atoms. The molecule has 0 aliphatic carbocycles. The summed E-state index contributed by atoms with van der Waals surface area (Å²) in [7, 11) is 0. The highest BCUT2D eigenvalue weighted by Crippen LogP contribution is 2.18. The van der Waals surface area contributed by atoms with Gasteiger partial charge in [-0.15, -0.1) is 0 Å². The van der Waals surface area contributed by atoms with E-state index in [9.17, 15) is 4.79 Å². The van der Waals surface area contributed by atoms with Crippen LogP contribution in [0.2, 0.25) is 5.02 Å². The van der Waals surface area contributed by atoms with Gasteiger partial charge in [0, 0.05) is 12.2 Å². The molecular weight excluding hydrogens is 280 g/mol. The molecule has 19 heavy (non-hydrogen) atoms. The van der Waals surface area contributed by atoms with Crippen molar-refractivity contribution in [2.24, 2.45) is 0 Å². The van der Waals surface area contributed by atoms with Gasteiger partial charge in [-0.05, 0) is 43.0 Å². The summed E-state index contributed by atoms with van der Waals surface area (Å²) >= 11 is 7.85. The molecule has 1 amide bonds. The standard InChI is InChI=1S/C14H21ClN2OS/c1-19-9-5-3-2-4-8-17-14(18)12-7-6-11(16)10-13(12)15/h6-7,10H,2-5,8-9,16H2,1H3,(H,17,18). The van der Waals surface area contributed by atoms with Gasteiger partial charge in [-0.2, -0.15) is 11.8 Å². The van der Waals surface area contributed by atoms with Crippen molar-refractivity contribution in [2.45, 2.75) is 25.7 Å². The Morgan fingerprint density at radius 1 is 1.32 bits per heavy atom. The monoisotopic (exact) mass is 300 g/mol. The third-order valence-corrected chi connectivity index (χ3v) is 3.81. The summed E-state index contributed by atoms with van der Waals surface area (Å²) < 4.78 is 0. The average Bonchev–Trinajstić information content (AvgIpc) is 2.37. The lowest BCUT2D eigenvalue weighted by Gasteiger charge is -2.07. The van der Waals surface area contributed by atoms with Gasteiger partial charge in [-0.3, -0.25) is 4.79 Å². The highest BCUT2D eigenvalue weighted by molar-refractivity contribution is 7.98. The normalized spacial score (nSPS) is 10.4. The molecule has 0 fully saturated rings. The Morgan fingerprint density at radius 3 is 2.74 bits per heavy atom. The molecule has 3 nitrogen and oxygen atoms in total. The van der Waals surface area contributed by atoms with Crippen LogP contribution in [-0.4, -0.2) is 24.5 Å². The molecular formula is C14H21ClN2OS. The van der Waals surface area contributed by atoms with Gasteiger partial charge in [-0.1, -0.05) is 24.4 Å². The number of unbranched alkanes of at least 4 members (excludes halogenated alkanes) is 3. The molecule has 0 atom stereocenters. The number of hydrogen-bond acceptors (Lipinski definition) is 3. The predicted octanol–water partition coefficient (Wildman–Crippen LogP) is 3.58. The molecule has 0 aliphatic rings. The first-order valence-electron chi connectivity index (χ1n) is 6.47. The molecule has 1 aromatic carbocycles. The van der Waals surface area contributed by atoms with Crippen molar-refractivity contribution in [3.63, 3.8) is 0 Å². The average molecular weight is 301 g/mol. The summed E-state index contributed by atoms with van der Waals surface area (Å²) in [5.74, 6) is 1.09. The van der Waals surface area contributed by atoms with Crippen LogP contribution in [0, 0.1) is 0 Å². The molecule has 1 aromatic rings. The van der Waals surface area contributed by atoms with Crippen LogP contribution in [0.3, 0.4) is 0 Å². The second-order valence-corrected chi connectivity index (χ2v) is 5.79. The number of thioether (sulfide) groups is 1. The largest absolute Gasteiger partial charge is 0.399 e. The number of benzene rings is 1. The lowest BCUT2D eigenvalue weighted by atomic mass is 10.1. The minimum Gasteiger partial charge on any atom is -0.399 e. The van der Waals surface area contributed by atoms with E-state index in [1.807, 2.05) is 11.8 Å². The van der Waals surface area contributed by atoms with E-state index < -0.39 is 0 Å². The van der Waals surface area contributed by atoms with Crippen molar-refractivity contribution in [3.05, 3.63) is 28.8 Å². The summed E-state index contributed by atoms with van der Waals surface area (Å²) in [5, 5.41) is 3.28. The minimum absolute atomic E-state index is 0.130. The van der Waals surface area contributed by atoms with Crippen molar-refractivity contribution >= 4 is 35.0 Å². The van der Waals surface area contributed by atoms with E-state index in [0.29, 0.717) is 22.8 Å². The SMILES string of the molecule is CSCCCCCCNC(=O)c1ccc(N)cc1Cl. The molecule has 3 N–H and O–H groups in total. The van der Waals surface area contributed by atoms with Crippen LogP contribution in [0.25, 0.3) is 0 Å². The molecule has 0 bridgehead atoms. The number of nitrogens with one attached hydrogen (secondary N) is 1. The zero-order chi connectivity index (χ0) is 14.1. The van der Waals surface area contributed by atoms with E-state index in [-0.39, 0.29) is 5.91 Å². The van der Waals surface area contributed by atoms with E-state index in [2.05, 4.69) is 11.6 Å². The summed E-state index contributed by atoms with van der Waals surface area (Å²) in [6.45, 7) is 0.693. The summed E-state index contributed by atoms with van der Waals surface area (Å²) in [6, 6.07) is 4.94. The maximum absolute atomic E-state index is 11.9. The van der Waals surface area contributed by atoms with Gasteiger partial charge < -0.3 is 11.1 Å². The first-order valence-corrected chi connectivity index (χ1v) is 8.24. The van der Waals surface area contributed by atoms with E-state index in [4.69, 9.17) is 17.3 Å². The number of amides is 1. The zero-order valence-electron chi connectivity index (χ0n) is 11.2. The van der Waals surface area contributed by atoms with E-state index in [1.165, 1.54) is 18.6 Å². The Morgan fingerprint density at radius 2 is 2.05 bits per heavy atom. The summed E-state index contributed by atoms with van der Waals surface area (Å²) in [5.41, 5.74) is 6.64. The first kappa shape index (κ1) is 16.2. The number of halogens is 1. The Labute approximate surface area is 124 Å². The van der Waals surface area contributed by atoms with Crippen molar-refractivity contribution < 1.29 is 4.79 Å². The third-order valence-electron chi connectivity index (χ3n) is 2.80. The predicted molar refractivity (Wildman–Crippen MR) is 85.0 cm³/mol. The molecule has 0 unspecified atom stereocenters. The fourth-order valence-electron chi connectivity index (χ4n) is 1.74. The smallest absolute Gasteiger partial charge is 0.252 e. The highest BCUT2D eigenvalue weighted by atomic mass is 35.5. The van der Waals surface area contributed by atoms with Crippen LogP contribution in [-0.2, 0) is 0 Å². The molecule has 0 saturated carbocycles. The van der Waals surface area contributed by atoms with Crippen molar-refractivity contribution in [1.82, 2.24) is 5.32 Å². The highest BCUT2D eigenvalue weighted by Gasteiger charge is 2.09. The van der Waals surface area contributed by atoms with Crippen LogP contribution in [0.15, 0.2) is 18.2 Å². The number of rotatable bonds is 8. The van der Waals surface area contributed by atoms with Crippen LogP contribution in [0.4, 0.5) is 5.69 Å². The van der Waals surface area contributed by atoms with Crippen molar-refractivity contribution in [2.75, 3.05) is 24.3 Å². The Hall–Kier alpha value is -0.870. The van der Waals surface area contributed by atoms with Crippen LogP contribution in [0.5, 0.6) is 0 Å². The van der Waals surface area contributed by atoms with Gasteiger partial charge in [0.2, 0.25) is 0 Å². The lowest BCUT2D eigenvalue weighted by Crippen LogP contribution is -2.24. The number of hydrogen-bond donors (Lipinski definition) is 2. The maximum Gasteiger partial charge on any atom is 0.252 e. The maximum atomic E-state index is 11.9. The topological polar surface area (TPSA) is 55.1 Å². The Balaban J connectivity index is 2.24. The van der Waals surface area contributed by atoms with E-state index >= 15 is 0 Å². The molecule has 0 saturated heterocycles. The number of anilines is 1. The molecule has 0 radical (unpaired) electrons. The first-order chi connectivity index (χ1) is 9.15. The number of nitrogens with two attached hydrogens (primary N) is 1. The number of nitrogen functional groups attached to an aromatic ring is 1. The van der Waals surface area contributed by atoms with Gasteiger partial charge in [0.1, 0.15) is 0 Å². The molecule has 0 heterocycles. The quantitative estimate of drug-likeness (QED) is 0.570. The third kappa shape index (κ3) is 6.21. The molecule has 1 rings (SSSR count). The second kappa shape index (κ2) is 9.10. The number of carbonyl (C=O) groups is 1. The van der Waals surface area contributed by atoms with Gasteiger partial charge >= 0.3 is 0 Å². The number of carbonyl (C=O) groups excluding carboxylic acids is 1. The molecule has 0 aliphatic heterocycles. The van der Waals surface area contributed by atoms with Gasteiger partial charge in [0.15, 0.2) is 0 Å². The van der Waals surface area contributed by atoms with Crippen LogP contribution >= 0.6 is 23.4 Å². The van der Waals surface area contributed by atoms with Crippen LogP contribution in [0.1, 0.15) is 36.0 Å². The van der Waals surface area contributed by atoms with Crippen LogP contribution < -0.4 is 11.1 Å². The minimum atomic E-state index is -0.130. The van der Waals surface area contributed by atoms with Gasteiger partial charge in [-0.25, -0.2) is 0 Å². The second-order valence-electron chi connectivity index (χ2n) is 4.40. The summed E-state index contributed by atoms with van der Waals surface area (Å²) in [4.78, 5) is 11.9. The molecule has 106 valence electrons. The van der Waals surface area contributed by atoms with Crippen molar-refractivity contribution in [1.29, 1.82) is 0 Å². The zero-order valence-corrected chi connectivity index (χ0v) is 12.8. The Bertz CT molecular complexity index is 412. The molecule has 5 heteroatoms. The Kier molecular flexibility index (Phi) is 7.75. The van der Waals surface area contributed by atoms with Gasteiger partial charge in [0.25, 0.3) is 5.91 Å². The molecule has 0 aromatic heterocycles. The summed E-state index contributed by atoms with van der Waals surface area (Å²) in [6.07, 6.45) is 6.75. The fraction of sp³-hybridized carbons (Fsp3) is 0.500. The van der Waals surface area contributed by atoms with Crippen molar-refractivity contribution in [3.8, 4) is 0 Å².